The highest BCUT2D eigenvalue weighted by molar-refractivity contribution is 7.16. The number of nitrogens with two attached hydrogens (primary N) is 1. The number of amides is 1. The summed E-state index contributed by atoms with van der Waals surface area (Å²) in [5, 5.41) is 3.58. The maximum atomic E-state index is 12.1. The van der Waals surface area contributed by atoms with Gasteiger partial charge in [-0.15, -0.1) is 11.3 Å². The van der Waals surface area contributed by atoms with Gasteiger partial charge in [0.05, 0.1) is 10.6 Å². The van der Waals surface area contributed by atoms with Crippen LogP contribution in [0.3, 0.4) is 0 Å². The minimum atomic E-state index is -0.0306. The molecule has 17 heavy (non-hydrogen) atoms. The van der Waals surface area contributed by atoms with E-state index in [9.17, 15) is 4.79 Å². The van der Waals surface area contributed by atoms with Crippen molar-refractivity contribution < 1.29 is 4.79 Å². The molecule has 1 amide bonds. The van der Waals surface area contributed by atoms with Crippen molar-refractivity contribution in [1.82, 2.24) is 5.32 Å². The molecule has 0 aliphatic heterocycles. The third kappa shape index (κ3) is 3.22. The summed E-state index contributed by atoms with van der Waals surface area (Å²) >= 11 is 1.55. The van der Waals surface area contributed by atoms with E-state index < -0.39 is 0 Å². The molecule has 1 aromatic heterocycles. The molecule has 3 N–H and O–H groups in total. The molecular formula is C13H22N2OS. The highest BCUT2D eigenvalue weighted by atomic mass is 32.1. The summed E-state index contributed by atoms with van der Waals surface area (Å²) in [6.45, 7) is 8.15. The normalized spacial score (nSPS) is 10.9. The van der Waals surface area contributed by atoms with Gasteiger partial charge in [0.15, 0.2) is 0 Å². The molecule has 4 heteroatoms. The van der Waals surface area contributed by atoms with Crippen molar-refractivity contribution in [3.63, 3.8) is 0 Å². The van der Waals surface area contributed by atoms with Crippen molar-refractivity contribution in [1.29, 1.82) is 0 Å². The first-order valence-electron chi connectivity index (χ1n) is 6.22. The van der Waals surface area contributed by atoms with Gasteiger partial charge in [-0.3, -0.25) is 4.79 Å². The molecule has 0 aromatic carbocycles. The number of anilines is 1. The van der Waals surface area contributed by atoms with Gasteiger partial charge >= 0.3 is 0 Å². The highest BCUT2D eigenvalue weighted by Crippen LogP contribution is 2.32. The van der Waals surface area contributed by atoms with Crippen LogP contribution in [0.5, 0.6) is 0 Å². The number of hydrogen-bond acceptors (Lipinski definition) is 3. The molecule has 0 aliphatic rings. The summed E-state index contributed by atoms with van der Waals surface area (Å²) < 4.78 is 0. The Hall–Kier alpha value is -1.03. The molecule has 0 fully saturated rings. The zero-order valence-corrected chi connectivity index (χ0v) is 11.9. The van der Waals surface area contributed by atoms with Gasteiger partial charge in [-0.25, -0.2) is 0 Å². The van der Waals surface area contributed by atoms with Crippen molar-refractivity contribution in [2.45, 2.75) is 53.0 Å². The van der Waals surface area contributed by atoms with E-state index >= 15 is 0 Å². The first-order chi connectivity index (χ1) is 8.01. The number of nitrogens with one attached hydrogen (secondary N) is 1. The maximum absolute atomic E-state index is 12.1. The molecule has 0 atom stereocenters. The van der Waals surface area contributed by atoms with Crippen LogP contribution < -0.4 is 11.1 Å². The van der Waals surface area contributed by atoms with Crippen molar-refractivity contribution in [2.75, 3.05) is 5.73 Å². The second-order valence-corrected chi connectivity index (χ2v) is 5.61. The fraction of sp³-hybridized carbons (Fsp3) is 0.615. The Bertz CT molecular complexity index is 396. The van der Waals surface area contributed by atoms with Crippen LogP contribution in [0.1, 0.15) is 54.9 Å². The first-order valence-corrected chi connectivity index (χ1v) is 7.03. The summed E-state index contributed by atoms with van der Waals surface area (Å²) in [6.07, 6.45) is 2.90. The van der Waals surface area contributed by atoms with E-state index in [1.54, 1.807) is 11.3 Å². The Labute approximate surface area is 107 Å². The fourth-order valence-electron chi connectivity index (χ4n) is 1.92. The Morgan fingerprint density at radius 3 is 2.53 bits per heavy atom. The largest absolute Gasteiger partial charge is 0.390 e. The summed E-state index contributed by atoms with van der Waals surface area (Å²) in [5.74, 6) is -0.0306. The molecule has 0 radical (unpaired) electrons. The van der Waals surface area contributed by atoms with Gasteiger partial charge in [0, 0.05) is 10.9 Å². The van der Waals surface area contributed by atoms with Crippen LogP contribution in [-0.2, 0) is 12.8 Å². The van der Waals surface area contributed by atoms with E-state index in [1.165, 1.54) is 4.88 Å². The lowest BCUT2D eigenvalue weighted by molar-refractivity contribution is 0.0943. The molecule has 0 bridgehead atoms. The average molecular weight is 254 g/mol. The smallest absolute Gasteiger partial charge is 0.254 e. The van der Waals surface area contributed by atoms with Gasteiger partial charge < -0.3 is 11.1 Å². The predicted octanol–water partition coefficient (Wildman–Crippen LogP) is 2.98. The Morgan fingerprint density at radius 2 is 2.06 bits per heavy atom. The number of thiophene rings is 1. The number of aryl methyl sites for hydroxylation is 1. The maximum Gasteiger partial charge on any atom is 0.254 e. The van der Waals surface area contributed by atoms with E-state index in [4.69, 9.17) is 5.73 Å². The molecule has 0 unspecified atom stereocenters. The molecule has 1 heterocycles. The molecule has 0 saturated heterocycles. The number of hydrogen-bond donors (Lipinski definition) is 2. The van der Waals surface area contributed by atoms with Crippen LogP contribution in [-0.4, -0.2) is 11.9 Å². The van der Waals surface area contributed by atoms with Crippen molar-refractivity contribution in [2.24, 2.45) is 0 Å². The zero-order valence-electron chi connectivity index (χ0n) is 11.1. The van der Waals surface area contributed by atoms with Crippen LogP contribution in [0.4, 0.5) is 5.00 Å². The minimum Gasteiger partial charge on any atom is -0.390 e. The molecular weight excluding hydrogens is 232 g/mol. The number of rotatable bonds is 5. The lowest BCUT2D eigenvalue weighted by Crippen LogP contribution is -2.31. The van der Waals surface area contributed by atoms with E-state index in [1.807, 2.05) is 13.8 Å². The summed E-state index contributed by atoms with van der Waals surface area (Å²) in [5.41, 5.74) is 7.84. The highest BCUT2D eigenvalue weighted by Gasteiger charge is 2.21. The number of carbonyl (C=O) groups excluding carboxylic acids is 1. The average Bonchev–Trinajstić information content (AvgIpc) is 2.54. The second kappa shape index (κ2) is 6.05. The number of carbonyl (C=O) groups is 1. The molecule has 3 nitrogen and oxygen atoms in total. The third-order valence-electron chi connectivity index (χ3n) is 2.59. The third-order valence-corrected chi connectivity index (χ3v) is 3.79. The fourth-order valence-corrected chi connectivity index (χ4v) is 2.97. The van der Waals surface area contributed by atoms with Crippen molar-refractivity contribution >= 4 is 22.2 Å². The predicted molar refractivity (Wildman–Crippen MR) is 74.7 cm³/mol. The summed E-state index contributed by atoms with van der Waals surface area (Å²) in [7, 11) is 0. The van der Waals surface area contributed by atoms with E-state index in [0.717, 1.165) is 24.8 Å². The Kier molecular flexibility index (Phi) is 5.00. The molecule has 96 valence electrons. The minimum absolute atomic E-state index is 0.0306. The standard InChI is InChI=1S/C13H22N2OS/c1-5-7-9-10(6-2)17-12(14)11(9)13(16)15-8(3)4/h8H,5-7,14H2,1-4H3,(H,15,16). The van der Waals surface area contributed by atoms with E-state index in [2.05, 4.69) is 19.2 Å². The van der Waals surface area contributed by atoms with Crippen LogP contribution >= 0.6 is 11.3 Å². The topological polar surface area (TPSA) is 55.1 Å². The monoisotopic (exact) mass is 254 g/mol. The Balaban J connectivity index is 3.11. The van der Waals surface area contributed by atoms with Gasteiger partial charge in [0.25, 0.3) is 5.91 Å². The van der Waals surface area contributed by atoms with Crippen molar-refractivity contribution in [3.05, 3.63) is 16.0 Å². The van der Waals surface area contributed by atoms with Gasteiger partial charge in [0.2, 0.25) is 0 Å². The summed E-state index contributed by atoms with van der Waals surface area (Å²) in [6, 6.07) is 0.140. The lowest BCUT2D eigenvalue weighted by Gasteiger charge is -2.10. The molecule has 1 aromatic rings. The van der Waals surface area contributed by atoms with Gasteiger partial charge in [0.1, 0.15) is 0 Å². The van der Waals surface area contributed by atoms with Gasteiger partial charge in [-0.1, -0.05) is 20.3 Å². The van der Waals surface area contributed by atoms with Gasteiger partial charge in [-0.2, -0.15) is 0 Å². The molecule has 0 saturated carbocycles. The lowest BCUT2D eigenvalue weighted by atomic mass is 10.0. The summed E-state index contributed by atoms with van der Waals surface area (Å²) in [4.78, 5) is 13.4. The van der Waals surface area contributed by atoms with Crippen LogP contribution in [0.25, 0.3) is 0 Å². The molecule has 1 rings (SSSR count). The van der Waals surface area contributed by atoms with Crippen LogP contribution in [0.15, 0.2) is 0 Å². The first kappa shape index (κ1) is 14.0. The van der Waals surface area contributed by atoms with Gasteiger partial charge in [-0.05, 0) is 32.3 Å². The Morgan fingerprint density at radius 1 is 1.41 bits per heavy atom. The molecule has 0 spiro atoms. The van der Waals surface area contributed by atoms with Crippen molar-refractivity contribution in [3.8, 4) is 0 Å². The van der Waals surface area contributed by atoms with E-state index in [0.29, 0.717) is 10.6 Å². The second-order valence-electron chi connectivity index (χ2n) is 4.47. The quantitative estimate of drug-likeness (QED) is 0.848. The van der Waals surface area contributed by atoms with Crippen LogP contribution in [0, 0.1) is 0 Å². The van der Waals surface area contributed by atoms with Crippen LogP contribution in [0.2, 0.25) is 0 Å². The SMILES string of the molecule is CCCc1c(CC)sc(N)c1C(=O)NC(C)C. The van der Waals surface area contributed by atoms with E-state index in [-0.39, 0.29) is 11.9 Å². The zero-order chi connectivity index (χ0) is 13.0. The molecule has 0 aliphatic carbocycles. The number of nitrogen functional groups attached to an aromatic ring is 1.